The number of rotatable bonds is 9. The molecule has 0 amide bonds. The molecule has 7 nitrogen and oxygen atoms in total. The molecule has 1 aliphatic carbocycles. The number of allylic oxidation sites excluding steroid dienone is 3. The van der Waals surface area contributed by atoms with Crippen LogP contribution in [0.25, 0.3) is 0 Å². The first-order valence-electron chi connectivity index (χ1n) is 13.2. The predicted molar refractivity (Wildman–Crippen MR) is 159 cm³/mol. The average molecular weight is 642 g/mol. The first-order valence-corrected chi connectivity index (χ1v) is 14.2. The Hall–Kier alpha value is -3.03. The molecule has 2 aliphatic rings. The third-order valence-electron chi connectivity index (χ3n) is 7.17. The third-order valence-corrected chi connectivity index (χ3v) is 7.98. The third kappa shape index (κ3) is 6.10. The minimum Gasteiger partial charge on any atom is -0.490 e. The molecule has 2 aromatic rings. The topological polar surface area (TPSA) is 97.8 Å². The van der Waals surface area contributed by atoms with Crippen molar-refractivity contribution in [2.45, 2.75) is 53.1 Å². The van der Waals surface area contributed by atoms with Crippen LogP contribution in [0.5, 0.6) is 11.5 Å². The number of benzene rings is 2. The van der Waals surface area contributed by atoms with Gasteiger partial charge in [0.25, 0.3) is 0 Å². The normalized spacial score (nSPS) is 18.6. The zero-order valence-electron chi connectivity index (χ0n) is 23.3. The van der Waals surface area contributed by atoms with Crippen molar-refractivity contribution < 1.29 is 19.0 Å². The van der Waals surface area contributed by atoms with Crippen molar-refractivity contribution >= 4 is 28.4 Å². The maximum atomic E-state index is 13.7. The fourth-order valence-electron chi connectivity index (χ4n) is 5.34. The van der Waals surface area contributed by atoms with Crippen LogP contribution in [0.3, 0.4) is 0 Å². The Balaban J connectivity index is 1.81. The van der Waals surface area contributed by atoms with Gasteiger partial charge in [-0.05, 0) is 71.5 Å². The minimum absolute atomic E-state index is 0.0431. The molecule has 0 unspecified atom stereocenters. The largest absolute Gasteiger partial charge is 0.490 e. The average Bonchev–Trinajstić information content (AvgIpc) is 2.87. The van der Waals surface area contributed by atoms with E-state index in [1.165, 1.54) is 5.56 Å². The van der Waals surface area contributed by atoms with Gasteiger partial charge in [0.1, 0.15) is 12.4 Å². The molecule has 1 aliphatic heterocycles. The van der Waals surface area contributed by atoms with Crippen molar-refractivity contribution in [2.24, 2.45) is 11.1 Å². The Morgan fingerprint density at radius 3 is 2.54 bits per heavy atom. The SMILES string of the molecule is CCOc1cc([C@@H]2C(C#N)=C(N)N(CCOC)C3=C2C(=O)CC(C)(C)C3)cc(I)c1OCc1ccc(C)cc1. The smallest absolute Gasteiger partial charge is 0.174 e. The summed E-state index contributed by atoms with van der Waals surface area (Å²) in [4.78, 5) is 15.6. The number of nitriles is 1. The summed E-state index contributed by atoms with van der Waals surface area (Å²) in [5, 5.41) is 10.3. The highest BCUT2D eigenvalue weighted by Crippen LogP contribution is 2.50. The van der Waals surface area contributed by atoms with Gasteiger partial charge < -0.3 is 24.8 Å². The number of hydrogen-bond acceptors (Lipinski definition) is 7. The van der Waals surface area contributed by atoms with Crippen molar-refractivity contribution in [3.8, 4) is 17.6 Å². The van der Waals surface area contributed by atoms with Gasteiger partial charge in [-0.2, -0.15) is 5.26 Å². The van der Waals surface area contributed by atoms with Crippen LogP contribution in [-0.2, 0) is 16.1 Å². The summed E-state index contributed by atoms with van der Waals surface area (Å²) in [7, 11) is 1.63. The van der Waals surface area contributed by atoms with Gasteiger partial charge >= 0.3 is 0 Å². The number of halogens is 1. The molecule has 0 spiro atoms. The van der Waals surface area contributed by atoms with Gasteiger partial charge in [-0.3, -0.25) is 4.79 Å². The van der Waals surface area contributed by atoms with Crippen LogP contribution < -0.4 is 15.2 Å². The molecule has 0 fully saturated rings. The molecule has 1 heterocycles. The van der Waals surface area contributed by atoms with E-state index in [-0.39, 0.29) is 11.2 Å². The molecule has 0 saturated carbocycles. The Bertz CT molecular complexity index is 1360. The minimum atomic E-state index is -0.578. The van der Waals surface area contributed by atoms with Crippen LogP contribution in [0, 0.1) is 27.2 Å². The first-order chi connectivity index (χ1) is 18.6. The van der Waals surface area contributed by atoms with E-state index in [4.69, 9.17) is 19.9 Å². The number of nitrogens with two attached hydrogens (primary N) is 1. The summed E-state index contributed by atoms with van der Waals surface area (Å²) in [6.07, 6.45) is 1.09. The Kier molecular flexibility index (Phi) is 8.92. The molecule has 2 aromatic carbocycles. The highest BCUT2D eigenvalue weighted by molar-refractivity contribution is 14.1. The second-order valence-corrected chi connectivity index (χ2v) is 12.0. The van der Waals surface area contributed by atoms with E-state index in [0.717, 1.165) is 20.4 Å². The zero-order valence-corrected chi connectivity index (χ0v) is 25.4. The molecule has 2 N–H and O–H groups in total. The lowest BCUT2D eigenvalue weighted by atomic mass is 9.68. The lowest BCUT2D eigenvalue weighted by molar-refractivity contribution is -0.118. The van der Waals surface area contributed by atoms with Gasteiger partial charge in [0, 0.05) is 31.3 Å². The highest BCUT2D eigenvalue weighted by atomic mass is 127. The summed E-state index contributed by atoms with van der Waals surface area (Å²) >= 11 is 2.24. The van der Waals surface area contributed by atoms with Crippen LogP contribution in [0.2, 0.25) is 0 Å². The number of carbonyl (C=O) groups is 1. The lowest BCUT2D eigenvalue weighted by Gasteiger charge is -2.43. The Labute approximate surface area is 244 Å². The van der Waals surface area contributed by atoms with Crippen molar-refractivity contribution in [1.82, 2.24) is 4.90 Å². The number of hydrogen-bond donors (Lipinski definition) is 1. The molecular weight excluding hydrogens is 605 g/mol. The second kappa shape index (κ2) is 12.0. The van der Waals surface area contributed by atoms with Crippen LogP contribution in [0.15, 0.2) is 59.1 Å². The number of nitrogens with zero attached hydrogens (tertiary/aromatic N) is 2. The number of aryl methyl sites for hydroxylation is 1. The molecule has 39 heavy (non-hydrogen) atoms. The molecule has 206 valence electrons. The predicted octanol–water partition coefficient (Wildman–Crippen LogP) is 5.96. The van der Waals surface area contributed by atoms with Gasteiger partial charge in [0.05, 0.1) is 34.3 Å². The maximum absolute atomic E-state index is 13.7. The molecule has 1 atom stereocenters. The molecular formula is C31H36IN3O4. The van der Waals surface area contributed by atoms with Gasteiger partial charge in [-0.15, -0.1) is 0 Å². The Morgan fingerprint density at radius 1 is 1.18 bits per heavy atom. The van der Waals surface area contributed by atoms with E-state index in [2.05, 4.69) is 61.6 Å². The number of carbonyl (C=O) groups excluding carboxylic acids is 1. The standard InChI is InChI=1S/C31H36IN3O4/c1-6-38-26-14-21(13-23(32)29(26)39-18-20-9-7-19(2)8-10-20)27-22(17-33)30(34)35(11-12-37-5)24-15-31(3,4)16-25(36)28(24)27/h7-10,13-14,27H,6,11-12,15-16,18,34H2,1-5H3/t27-/m1/s1. The van der Waals surface area contributed by atoms with Crippen molar-refractivity contribution in [2.75, 3.05) is 26.9 Å². The number of Topliss-reactive ketones (excluding diaryl/α,β-unsaturated/α-hetero) is 1. The molecule has 0 saturated heterocycles. The molecule has 0 radical (unpaired) electrons. The van der Waals surface area contributed by atoms with E-state index in [0.29, 0.717) is 67.7 Å². The van der Waals surface area contributed by atoms with Gasteiger partial charge in [-0.25, -0.2) is 0 Å². The Morgan fingerprint density at radius 2 is 1.90 bits per heavy atom. The van der Waals surface area contributed by atoms with Gasteiger partial charge in [-0.1, -0.05) is 43.7 Å². The summed E-state index contributed by atoms with van der Waals surface area (Å²) in [5.74, 6) is 1.05. The number of methoxy groups -OCH3 is 1. The first kappa shape index (κ1) is 29.0. The van der Waals surface area contributed by atoms with Crippen LogP contribution in [-0.4, -0.2) is 37.6 Å². The monoisotopic (exact) mass is 641 g/mol. The van der Waals surface area contributed by atoms with Crippen molar-refractivity contribution in [1.29, 1.82) is 5.26 Å². The quantitative estimate of drug-likeness (QED) is 0.338. The van der Waals surface area contributed by atoms with E-state index >= 15 is 0 Å². The van der Waals surface area contributed by atoms with Gasteiger partial charge in [0.15, 0.2) is 17.3 Å². The van der Waals surface area contributed by atoms with Crippen molar-refractivity contribution in [3.05, 3.63) is 79.3 Å². The summed E-state index contributed by atoms with van der Waals surface area (Å²) in [6.45, 7) is 9.89. The van der Waals surface area contributed by atoms with Crippen LogP contribution >= 0.6 is 22.6 Å². The molecule has 0 aromatic heterocycles. The van der Waals surface area contributed by atoms with E-state index in [1.54, 1.807) is 7.11 Å². The molecule has 8 heteroatoms. The van der Waals surface area contributed by atoms with E-state index in [1.807, 2.05) is 36.1 Å². The summed E-state index contributed by atoms with van der Waals surface area (Å²) < 4.78 is 18.4. The van der Waals surface area contributed by atoms with Crippen LogP contribution in [0.1, 0.15) is 56.2 Å². The molecule has 4 rings (SSSR count). The second-order valence-electron chi connectivity index (χ2n) is 10.8. The van der Waals surface area contributed by atoms with Gasteiger partial charge in [0.2, 0.25) is 0 Å². The zero-order chi connectivity index (χ0) is 28.3. The fraction of sp³-hybridized carbons (Fsp3) is 0.419. The van der Waals surface area contributed by atoms with Crippen molar-refractivity contribution in [3.63, 3.8) is 0 Å². The highest BCUT2D eigenvalue weighted by Gasteiger charge is 2.44. The maximum Gasteiger partial charge on any atom is 0.174 e. The summed E-state index contributed by atoms with van der Waals surface area (Å²) in [6, 6.07) is 14.4. The number of ketones is 1. The molecule has 0 bridgehead atoms. The van der Waals surface area contributed by atoms with E-state index in [9.17, 15) is 10.1 Å². The van der Waals surface area contributed by atoms with Crippen LogP contribution in [0.4, 0.5) is 0 Å². The lowest BCUT2D eigenvalue weighted by Crippen LogP contribution is -2.43. The number of ether oxygens (including phenoxy) is 3. The summed E-state index contributed by atoms with van der Waals surface area (Å²) in [5.41, 5.74) is 11.4. The van der Waals surface area contributed by atoms with E-state index < -0.39 is 5.92 Å². The fourth-order valence-corrected chi connectivity index (χ4v) is 6.12.